The maximum Gasteiger partial charge on any atom is 0.0234 e. The van der Waals surface area contributed by atoms with Crippen molar-refractivity contribution < 1.29 is 0 Å². The number of hydrogen-bond acceptors (Lipinski definition) is 3. The highest BCUT2D eigenvalue weighted by molar-refractivity contribution is 4.92. The van der Waals surface area contributed by atoms with Crippen LogP contribution in [-0.4, -0.2) is 6.04 Å². The third kappa shape index (κ3) is 7.30. The molecule has 0 saturated carbocycles. The summed E-state index contributed by atoms with van der Waals surface area (Å²) in [5.74, 6) is 0. The number of nitrogens with two attached hydrogens (primary N) is 1. The zero-order chi connectivity index (χ0) is 6.57. The van der Waals surface area contributed by atoms with E-state index < -0.39 is 0 Å². The summed E-state index contributed by atoms with van der Waals surface area (Å²) in [5, 5.41) is 3.13. The fourth-order valence-corrected chi connectivity index (χ4v) is 0.503. The summed E-state index contributed by atoms with van der Waals surface area (Å²) in [6.07, 6.45) is 1.57. The molecule has 0 saturated heterocycles. The van der Waals surface area contributed by atoms with Gasteiger partial charge in [-0.1, -0.05) is 0 Å². The van der Waals surface area contributed by atoms with Crippen molar-refractivity contribution >= 4 is 0 Å². The second kappa shape index (κ2) is 5.44. The number of hydrogen-bond donors (Lipinski definition) is 3. The highest BCUT2D eigenvalue weighted by Crippen LogP contribution is 1.84. The molecule has 0 amide bonds. The van der Waals surface area contributed by atoms with Crippen LogP contribution in [0.1, 0.15) is 20.8 Å². The zero-order valence-corrected chi connectivity index (χ0v) is 6.44. The van der Waals surface area contributed by atoms with Crippen molar-refractivity contribution in [3.05, 3.63) is 11.9 Å². The predicted octanol–water partition coefficient (Wildman–Crippen LogP) is 0.966. The number of nitrogens with one attached hydrogen (secondary N) is 1. The van der Waals surface area contributed by atoms with Crippen LogP contribution in [0.3, 0.4) is 0 Å². The summed E-state index contributed by atoms with van der Waals surface area (Å²) in [7, 11) is 0. The number of rotatable bonds is 2. The third-order valence-electron chi connectivity index (χ3n) is 0.766. The zero-order valence-electron chi connectivity index (χ0n) is 6.44. The van der Waals surface area contributed by atoms with Gasteiger partial charge in [0.1, 0.15) is 0 Å². The van der Waals surface area contributed by atoms with Gasteiger partial charge in [-0.15, -0.1) is 0 Å². The lowest BCUT2D eigenvalue weighted by atomic mass is 10.4. The molecule has 0 aromatic carbocycles. The average Bonchev–Trinajstić information content (AvgIpc) is 1.65. The van der Waals surface area contributed by atoms with Crippen molar-refractivity contribution in [3.63, 3.8) is 0 Å². The topological polar surface area (TPSA) is 73.0 Å². The van der Waals surface area contributed by atoms with Crippen molar-refractivity contribution in [2.45, 2.75) is 26.8 Å². The van der Waals surface area contributed by atoms with E-state index in [9.17, 15) is 0 Å². The van der Waals surface area contributed by atoms with Gasteiger partial charge in [-0.2, -0.15) is 0 Å². The fourth-order valence-electron chi connectivity index (χ4n) is 0.503. The first-order valence-corrected chi connectivity index (χ1v) is 2.82. The fraction of sp³-hybridized carbons (Fsp3) is 0.667. The highest BCUT2D eigenvalue weighted by Gasteiger charge is 1.88. The van der Waals surface area contributed by atoms with Crippen molar-refractivity contribution in [1.29, 1.82) is 0 Å². The van der Waals surface area contributed by atoms with E-state index in [-0.39, 0.29) is 6.15 Å². The molecule has 0 bridgehead atoms. The van der Waals surface area contributed by atoms with Crippen LogP contribution >= 0.6 is 0 Å². The summed E-state index contributed by atoms with van der Waals surface area (Å²) in [4.78, 5) is 0. The van der Waals surface area contributed by atoms with E-state index in [1.807, 2.05) is 6.92 Å². The van der Waals surface area contributed by atoms with E-state index in [0.29, 0.717) is 6.04 Å². The SMILES string of the molecule is C/C(=C/N)NC(C)C.N. The quantitative estimate of drug-likeness (QED) is 0.522. The van der Waals surface area contributed by atoms with Crippen molar-refractivity contribution in [1.82, 2.24) is 11.5 Å². The van der Waals surface area contributed by atoms with Crippen molar-refractivity contribution in [2.24, 2.45) is 5.73 Å². The Balaban J connectivity index is 0. The lowest BCUT2D eigenvalue weighted by Crippen LogP contribution is -2.20. The summed E-state index contributed by atoms with van der Waals surface area (Å²) >= 11 is 0. The molecule has 0 aromatic heterocycles. The van der Waals surface area contributed by atoms with Crippen LogP contribution in [0.5, 0.6) is 0 Å². The van der Waals surface area contributed by atoms with Gasteiger partial charge in [-0.3, -0.25) is 0 Å². The Morgan fingerprint density at radius 2 is 2.00 bits per heavy atom. The van der Waals surface area contributed by atoms with Crippen LogP contribution in [0.15, 0.2) is 11.9 Å². The Kier molecular flexibility index (Phi) is 6.73. The standard InChI is InChI=1S/C6H14N2.H3N/c1-5(2)8-6(3)4-7;/h4-5,8H,7H2,1-3H3;1H3/b6-4-;. The smallest absolute Gasteiger partial charge is 0.0234 e. The van der Waals surface area contributed by atoms with Gasteiger partial charge in [0.2, 0.25) is 0 Å². The van der Waals surface area contributed by atoms with Crippen LogP contribution < -0.4 is 17.2 Å². The van der Waals surface area contributed by atoms with Gasteiger partial charge in [0.15, 0.2) is 0 Å². The minimum Gasteiger partial charge on any atom is -0.403 e. The second-order valence-electron chi connectivity index (χ2n) is 2.15. The second-order valence-corrected chi connectivity index (χ2v) is 2.15. The van der Waals surface area contributed by atoms with Crippen LogP contribution in [0.25, 0.3) is 0 Å². The average molecular weight is 131 g/mol. The van der Waals surface area contributed by atoms with Gasteiger partial charge >= 0.3 is 0 Å². The maximum absolute atomic E-state index is 5.20. The minimum atomic E-state index is 0. The van der Waals surface area contributed by atoms with E-state index in [0.717, 1.165) is 5.70 Å². The molecule has 0 aliphatic rings. The first kappa shape index (κ1) is 11.1. The van der Waals surface area contributed by atoms with E-state index in [1.165, 1.54) is 0 Å². The molecule has 0 spiro atoms. The molecule has 0 aliphatic carbocycles. The molecule has 0 aromatic rings. The summed E-state index contributed by atoms with van der Waals surface area (Å²) in [6.45, 7) is 6.10. The third-order valence-corrected chi connectivity index (χ3v) is 0.766. The summed E-state index contributed by atoms with van der Waals surface area (Å²) < 4.78 is 0. The Hall–Kier alpha value is -0.700. The predicted molar refractivity (Wildman–Crippen MR) is 41.2 cm³/mol. The number of allylic oxidation sites excluding steroid dienone is 1. The molecule has 9 heavy (non-hydrogen) atoms. The lowest BCUT2D eigenvalue weighted by Gasteiger charge is -2.07. The molecule has 0 fully saturated rings. The first-order chi connectivity index (χ1) is 3.66. The van der Waals surface area contributed by atoms with Crippen molar-refractivity contribution in [2.75, 3.05) is 0 Å². The molecule has 0 aliphatic heterocycles. The highest BCUT2D eigenvalue weighted by atomic mass is 14.9. The van der Waals surface area contributed by atoms with Gasteiger partial charge in [0, 0.05) is 17.9 Å². The van der Waals surface area contributed by atoms with Crippen LogP contribution in [-0.2, 0) is 0 Å². The van der Waals surface area contributed by atoms with Gasteiger partial charge in [-0.25, -0.2) is 0 Å². The molecule has 6 N–H and O–H groups in total. The molecule has 0 heterocycles. The molecule has 3 heteroatoms. The van der Waals surface area contributed by atoms with E-state index in [2.05, 4.69) is 19.2 Å². The monoisotopic (exact) mass is 131 g/mol. The molecule has 0 radical (unpaired) electrons. The molecular formula is C6H17N3. The van der Waals surface area contributed by atoms with Gasteiger partial charge in [-0.05, 0) is 20.8 Å². The summed E-state index contributed by atoms with van der Waals surface area (Å²) in [6, 6.07) is 0.481. The Morgan fingerprint density at radius 1 is 1.56 bits per heavy atom. The van der Waals surface area contributed by atoms with E-state index in [4.69, 9.17) is 5.73 Å². The van der Waals surface area contributed by atoms with Crippen LogP contribution in [0, 0.1) is 0 Å². The van der Waals surface area contributed by atoms with E-state index in [1.54, 1.807) is 6.20 Å². The first-order valence-electron chi connectivity index (χ1n) is 2.82. The molecule has 3 nitrogen and oxygen atoms in total. The lowest BCUT2D eigenvalue weighted by molar-refractivity contribution is 0.668. The van der Waals surface area contributed by atoms with Gasteiger partial charge < -0.3 is 17.2 Å². The normalized spacial score (nSPS) is 10.9. The molecule has 0 rings (SSSR count). The summed E-state index contributed by atoms with van der Waals surface area (Å²) in [5.41, 5.74) is 6.22. The van der Waals surface area contributed by atoms with Gasteiger partial charge in [0.05, 0.1) is 0 Å². The molecule has 0 unspecified atom stereocenters. The largest absolute Gasteiger partial charge is 0.403 e. The van der Waals surface area contributed by atoms with Gasteiger partial charge in [0.25, 0.3) is 0 Å². The van der Waals surface area contributed by atoms with Crippen LogP contribution in [0.4, 0.5) is 0 Å². The Bertz CT molecular complexity index is 86.3. The minimum absolute atomic E-state index is 0. The molecular weight excluding hydrogens is 114 g/mol. The van der Waals surface area contributed by atoms with Crippen molar-refractivity contribution in [3.8, 4) is 0 Å². The maximum atomic E-state index is 5.20. The molecule has 56 valence electrons. The van der Waals surface area contributed by atoms with E-state index >= 15 is 0 Å². The Morgan fingerprint density at radius 3 is 2.11 bits per heavy atom. The molecule has 0 atom stereocenters. The van der Waals surface area contributed by atoms with Crippen LogP contribution in [0.2, 0.25) is 0 Å². The Labute approximate surface area is 56.9 Å².